The van der Waals surface area contributed by atoms with Gasteiger partial charge < -0.3 is 0 Å². The van der Waals surface area contributed by atoms with E-state index in [1.165, 1.54) is 0 Å². The molecule has 1 rings (SSSR count). The monoisotopic (exact) mass is 124 g/mol. The highest BCUT2D eigenvalue weighted by Gasteiger charge is 2.61. The lowest BCUT2D eigenvalue weighted by atomic mass is 10.4. The Kier molecular flexibility index (Phi) is 0.867. The zero-order valence-corrected chi connectivity index (χ0v) is 3.83. The van der Waals surface area contributed by atoms with E-state index in [9.17, 15) is 18.0 Å². The van der Waals surface area contributed by atoms with E-state index in [0.29, 0.717) is 0 Å². The molecule has 8 heavy (non-hydrogen) atoms. The van der Waals surface area contributed by atoms with Crippen LogP contribution in [-0.4, -0.2) is 12.0 Å². The van der Waals surface area contributed by atoms with Crippen LogP contribution in [0.25, 0.3) is 0 Å². The second-order valence-corrected chi connectivity index (χ2v) is 1.82. The summed E-state index contributed by atoms with van der Waals surface area (Å²) in [5, 5.41) is 0. The van der Waals surface area contributed by atoms with E-state index < -0.39 is 24.3 Å². The van der Waals surface area contributed by atoms with E-state index in [2.05, 4.69) is 0 Å². The van der Waals surface area contributed by atoms with Gasteiger partial charge in [-0.3, -0.25) is 4.79 Å². The van der Waals surface area contributed by atoms with Crippen molar-refractivity contribution in [3.05, 3.63) is 0 Å². The highest BCUT2D eigenvalue weighted by Crippen LogP contribution is 2.49. The van der Waals surface area contributed by atoms with Crippen LogP contribution in [-0.2, 0) is 4.79 Å². The maximum absolute atomic E-state index is 11.6. The largest absolute Gasteiger partial charge is 0.310 e. The summed E-state index contributed by atoms with van der Waals surface area (Å²) in [6, 6.07) is -1.89. The van der Waals surface area contributed by atoms with Crippen LogP contribution in [0.3, 0.4) is 0 Å². The number of carbonyl (C=O) groups excluding carboxylic acids is 1. The fourth-order valence-electron chi connectivity index (χ4n) is 0.459. The number of rotatable bonds is 1. The van der Waals surface area contributed by atoms with Crippen LogP contribution in [0.2, 0.25) is 0 Å². The number of alkyl halides is 2. The summed E-state index contributed by atoms with van der Waals surface area (Å²) in [7, 11) is 0. The summed E-state index contributed by atoms with van der Waals surface area (Å²) in [6.07, 6.45) is -0.609. The molecule has 4 heteroatoms. The van der Waals surface area contributed by atoms with Gasteiger partial charge in [0.15, 0.2) is 0 Å². The molecule has 1 atom stereocenters. The minimum absolute atomic E-state index is 0.609. The zero-order chi connectivity index (χ0) is 6.36. The molecule has 46 valence electrons. The van der Waals surface area contributed by atoms with Crippen molar-refractivity contribution in [2.75, 3.05) is 0 Å². The van der Waals surface area contributed by atoms with Gasteiger partial charge in [0.05, 0.1) is 0 Å². The van der Waals surface area contributed by atoms with E-state index >= 15 is 0 Å². The fourth-order valence-corrected chi connectivity index (χ4v) is 0.459. The Morgan fingerprint density at radius 1 is 1.62 bits per heavy atom. The van der Waals surface area contributed by atoms with Crippen molar-refractivity contribution in [3.8, 4) is 0 Å². The third kappa shape index (κ3) is 0.700. The van der Waals surface area contributed by atoms with Crippen LogP contribution in [0.5, 0.6) is 0 Å². The van der Waals surface area contributed by atoms with Gasteiger partial charge in [-0.15, -0.1) is 0 Å². The highest BCUT2D eigenvalue weighted by atomic mass is 19.3. The topological polar surface area (TPSA) is 17.1 Å². The Morgan fingerprint density at radius 2 is 2.00 bits per heavy atom. The van der Waals surface area contributed by atoms with E-state index in [-0.39, 0.29) is 0 Å². The maximum atomic E-state index is 11.6. The first-order valence-electron chi connectivity index (χ1n) is 2.11. The number of halogens is 3. The van der Waals surface area contributed by atoms with Crippen molar-refractivity contribution in [2.24, 2.45) is 5.92 Å². The summed E-state index contributed by atoms with van der Waals surface area (Å²) < 4.78 is 34.4. The van der Waals surface area contributed by atoms with Crippen molar-refractivity contribution in [1.29, 1.82) is 0 Å². The molecule has 1 fully saturated rings. The first-order valence-corrected chi connectivity index (χ1v) is 2.11. The van der Waals surface area contributed by atoms with Gasteiger partial charge in [0.25, 0.3) is 5.92 Å². The van der Waals surface area contributed by atoms with Gasteiger partial charge in [-0.25, -0.2) is 8.78 Å². The number of carbonyl (C=O) groups is 1. The molecule has 0 aromatic carbocycles. The standard InChI is InChI=1S/C4H3F3O/c5-3(8)2-1-4(2,6)7/h2H,1H2. The molecular formula is C4H3F3O. The first kappa shape index (κ1) is 5.59. The van der Waals surface area contributed by atoms with Gasteiger partial charge in [-0.2, -0.15) is 4.39 Å². The van der Waals surface area contributed by atoms with Crippen LogP contribution < -0.4 is 0 Å². The van der Waals surface area contributed by atoms with Crippen LogP contribution in [0.4, 0.5) is 13.2 Å². The smallest absolute Gasteiger partial charge is 0.261 e. The van der Waals surface area contributed by atoms with Crippen molar-refractivity contribution in [1.82, 2.24) is 0 Å². The molecule has 0 heterocycles. The van der Waals surface area contributed by atoms with Crippen molar-refractivity contribution in [3.63, 3.8) is 0 Å². The van der Waals surface area contributed by atoms with Gasteiger partial charge in [0.1, 0.15) is 5.92 Å². The quantitative estimate of drug-likeness (QED) is 0.479. The van der Waals surface area contributed by atoms with Gasteiger partial charge in [-0.1, -0.05) is 0 Å². The van der Waals surface area contributed by atoms with E-state index in [1.807, 2.05) is 0 Å². The Morgan fingerprint density at radius 3 is 2.00 bits per heavy atom. The van der Waals surface area contributed by atoms with Crippen LogP contribution in [0.15, 0.2) is 0 Å². The van der Waals surface area contributed by atoms with Crippen molar-refractivity contribution >= 4 is 6.04 Å². The van der Waals surface area contributed by atoms with Crippen LogP contribution in [0, 0.1) is 5.92 Å². The Hall–Kier alpha value is -0.540. The summed E-state index contributed by atoms with van der Waals surface area (Å²) >= 11 is 0. The van der Waals surface area contributed by atoms with Crippen molar-refractivity contribution < 1.29 is 18.0 Å². The van der Waals surface area contributed by atoms with Gasteiger partial charge in [-0.05, 0) is 0 Å². The summed E-state index contributed by atoms with van der Waals surface area (Å²) in [4.78, 5) is 9.47. The lowest BCUT2D eigenvalue weighted by Crippen LogP contribution is -2.00. The summed E-state index contributed by atoms with van der Waals surface area (Å²) in [5.41, 5.74) is 0. The number of hydrogen-bond acceptors (Lipinski definition) is 1. The molecule has 0 saturated heterocycles. The molecule has 0 spiro atoms. The average molecular weight is 124 g/mol. The molecule has 1 aliphatic carbocycles. The van der Waals surface area contributed by atoms with Crippen molar-refractivity contribution in [2.45, 2.75) is 12.3 Å². The molecule has 0 amide bonds. The molecule has 0 aliphatic heterocycles. The second-order valence-electron chi connectivity index (χ2n) is 1.82. The average Bonchev–Trinajstić information content (AvgIpc) is 2.13. The molecular weight excluding hydrogens is 121 g/mol. The summed E-state index contributed by atoms with van der Waals surface area (Å²) in [5.74, 6) is -4.66. The van der Waals surface area contributed by atoms with E-state index in [4.69, 9.17) is 0 Å². The highest BCUT2D eigenvalue weighted by molar-refractivity contribution is 5.75. The van der Waals surface area contributed by atoms with E-state index in [1.54, 1.807) is 0 Å². The summed E-state index contributed by atoms with van der Waals surface area (Å²) in [6.45, 7) is 0. The Balaban J connectivity index is 2.48. The molecule has 1 unspecified atom stereocenters. The first-order chi connectivity index (χ1) is 3.54. The molecule has 1 aliphatic rings. The normalized spacial score (nSPS) is 32.1. The van der Waals surface area contributed by atoms with Crippen LogP contribution in [0.1, 0.15) is 6.42 Å². The molecule has 0 radical (unpaired) electrons. The molecule has 1 saturated carbocycles. The van der Waals surface area contributed by atoms with Gasteiger partial charge in [0.2, 0.25) is 0 Å². The predicted octanol–water partition coefficient (Wildman–Crippen LogP) is 1.14. The Labute approximate surface area is 43.5 Å². The zero-order valence-electron chi connectivity index (χ0n) is 3.83. The lowest BCUT2D eigenvalue weighted by Gasteiger charge is -1.84. The molecule has 1 nitrogen and oxygen atoms in total. The SMILES string of the molecule is O=C(F)C1CC1(F)F. The molecule has 0 aromatic heterocycles. The van der Waals surface area contributed by atoms with Gasteiger partial charge in [0, 0.05) is 6.42 Å². The van der Waals surface area contributed by atoms with E-state index in [0.717, 1.165) is 0 Å². The minimum Gasteiger partial charge on any atom is -0.261 e. The van der Waals surface area contributed by atoms with Crippen LogP contribution >= 0.6 is 0 Å². The minimum atomic E-state index is -3.04. The predicted molar refractivity (Wildman–Crippen MR) is 19.2 cm³/mol. The molecule has 0 bridgehead atoms. The third-order valence-corrected chi connectivity index (χ3v) is 1.10. The second kappa shape index (κ2) is 1.24. The molecule has 0 N–H and O–H groups in total. The lowest BCUT2D eigenvalue weighted by molar-refractivity contribution is -0.132. The molecule has 0 aromatic rings. The fraction of sp³-hybridized carbons (Fsp3) is 0.750. The van der Waals surface area contributed by atoms with Gasteiger partial charge >= 0.3 is 6.04 Å². The maximum Gasteiger partial charge on any atom is 0.310 e. The Bertz CT molecular complexity index is 131. The third-order valence-electron chi connectivity index (χ3n) is 1.10. The number of hydrogen-bond donors (Lipinski definition) is 0.